The first-order chi connectivity index (χ1) is 12.0. The third kappa shape index (κ3) is 4.28. The summed E-state index contributed by atoms with van der Waals surface area (Å²) in [5, 5.41) is 3.48. The number of hydrogen-bond acceptors (Lipinski definition) is 5. The fourth-order valence-electron chi connectivity index (χ4n) is 2.33. The molecule has 0 spiro atoms. The van der Waals surface area contributed by atoms with Crippen LogP contribution in [0.25, 0.3) is 0 Å². The van der Waals surface area contributed by atoms with Crippen LogP contribution in [0.4, 0.5) is 0 Å². The van der Waals surface area contributed by atoms with Crippen molar-refractivity contribution in [3.05, 3.63) is 71.0 Å². The molecule has 0 saturated carbocycles. The number of nitrogens with one attached hydrogen (secondary N) is 1. The Kier molecular flexibility index (Phi) is 5.19. The van der Waals surface area contributed by atoms with E-state index in [2.05, 4.69) is 41.3 Å². The molecule has 0 unspecified atom stereocenters. The number of hydrogen-bond donors (Lipinski definition) is 1. The van der Waals surface area contributed by atoms with E-state index < -0.39 is 0 Å². The second-order valence-corrected chi connectivity index (χ2v) is 6.79. The highest BCUT2D eigenvalue weighted by molar-refractivity contribution is 7.99. The summed E-state index contributed by atoms with van der Waals surface area (Å²) in [5.41, 5.74) is 3.92. The van der Waals surface area contributed by atoms with E-state index in [0.717, 1.165) is 10.6 Å². The van der Waals surface area contributed by atoms with Crippen molar-refractivity contribution in [2.24, 2.45) is 0 Å². The highest BCUT2D eigenvalue weighted by atomic mass is 32.2. The first-order valence-corrected chi connectivity index (χ1v) is 8.74. The zero-order valence-electron chi connectivity index (χ0n) is 14.4. The molecule has 2 aromatic heterocycles. The van der Waals surface area contributed by atoms with Crippen molar-refractivity contribution in [1.82, 2.24) is 15.3 Å². The Morgan fingerprint density at radius 2 is 1.84 bits per heavy atom. The number of amides is 1. The number of benzene rings is 1. The van der Waals surface area contributed by atoms with E-state index in [4.69, 9.17) is 4.42 Å². The predicted molar refractivity (Wildman–Crippen MR) is 96.7 cm³/mol. The summed E-state index contributed by atoms with van der Waals surface area (Å²) in [7, 11) is 0. The Bertz CT molecular complexity index is 868. The zero-order valence-corrected chi connectivity index (χ0v) is 15.2. The molecule has 3 aromatic rings. The standard InChI is InChI=1S/C19H19N3O2S/c1-12-5-4-6-13(2)18(12)25-17-8-7-16(24-17)19(23)22-11-15-10-20-14(3)9-21-15/h4-10H,11H2,1-3H3,(H,22,23). The molecule has 3 rings (SSSR count). The van der Waals surface area contributed by atoms with Crippen LogP contribution < -0.4 is 5.32 Å². The minimum atomic E-state index is -0.268. The Morgan fingerprint density at radius 1 is 1.08 bits per heavy atom. The van der Waals surface area contributed by atoms with Crippen molar-refractivity contribution in [2.45, 2.75) is 37.3 Å². The van der Waals surface area contributed by atoms with Crippen molar-refractivity contribution >= 4 is 17.7 Å². The largest absolute Gasteiger partial charge is 0.444 e. The molecule has 1 N–H and O–H groups in total. The molecule has 1 aromatic carbocycles. The van der Waals surface area contributed by atoms with Crippen LogP contribution in [0.2, 0.25) is 0 Å². The lowest BCUT2D eigenvalue weighted by Gasteiger charge is -2.06. The van der Waals surface area contributed by atoms with Gasteiger partial charge in [-0.3, -0.25) is 14.8 Å². The average Bonchev–Trinajstić information content (AvgIpc) is 3.06. The lowest BCUT2D eigenvalue weighted by Crippen LogP contribution is -2.22. The number of aromatic nitrogens is 2. The summed E-state index contributed by atoms with van der Waals surface area (Å²) in [4.78, 5) is 21.7. The van der Waals surface area contributed by atoms with Crippen LogP contribution in [0.15, 0.2) is 57.1 Å². The smallest absolute Gasteiger partial charge is 0.287 e. The molecule has 0 saturated heterocycles. The maximum Gasteiger partial charge on any atom is 0.287 e. The van der Waals surface area contributed by atoms with Crippen LogP contribution in [0.1, 0.15) is 33.1 Å². The topological polar surface area (TPSA) is 68.0 Å². The van der Waals surface area contributed by atoms with Gasteiger partial charge in [-0.25, -0.2) is 0 Å². The van der Waals surface area contributed by atoms with Gasteiger partial charge in [0.15, 0.2) is 10.9 Å². The highest BCUT2D eigenvalue weighted by Gasteiger charge is 2.13. The predicted octanol–water partition coefficient (Wildman–Crippen LogP) is 4.08. The second kappa shape index (κ2) is 7.53. The summed E-state index contributed by atoms with van der Waals surface area (Å²) in [6, 6.07) is 9.66. The quantitative estimate of drug-likeness (QED) is 0.749. The molecule has 0 bridgehead atoms. The summed E-state index contributed by atoms with van der Waals surface area (Å²) in [6.45, 7) is 6.31. The van der Waals surface area contributed by atoms with Gasteiger partial charge in [-0.1, -0.05) is 30.0 Å². The van der Waals surface area contributed by atoms with Gasteiger partial charge in [0.2, 0.25) is 0 Å². The number of nitrogens with zero attached hydrogens (tertiary/aromatic N) is 2. The molecule has 0 fully saturated rings. The van der Waals surface area contributed by atoms with Crippen LogP contribution in [0, 0.1) is 20.8 Å². The maximum atomic E-state index is 12.2. The third-order valence-corrected chi connectivity index (χ3v) is 4.95. The lowest BCUT2D eigenvalue weighted by molar-refractivity contribution is 0.0917. The number of carbonyl (C=O) groups excluding carboxylic acids is 1. The van der Waals surface area contributed by atoms with Gasteiger partial charge in [-0.05, 0) is 44.0 Å². The van der Waals surface area contributed by atoms with Crippen molar-refractivity contribution in [1.29, 1.82) is 0 Å². The van der Waals surface area contributed by atoms with Crippen LogP contribution in [-0.2, 0) is 6.54 Å². The van der Waals surface area contributed by atoms with E-state index in [1.165, 1.54) is 22.9 Å². The molecular weight excluding hydrogens is 334 g/mol. The van der Waals surface area contributed by atoms with E-state index in [1.807, 2.05) is 19.1 Å². The zero-order chi connectivity index (χ0) is 17.8. The number of carbonyl (C=O) groups is 1. The summed E-state index contributed by atoms with van der Waals surface area (Å²) < 4.78 is 5.68. The first kappa shape index (κ1) is 17.2. The van der Waals surface area contributed by atoms with Gasteiger partial charge < -0.3 is 9.73 Å². The molecular formula is C19H19N3O2S. The van der Waals surface area contributed by atoms with Crippen LogP contribution in [-0.4, -0.2) is 15.9 Å². The Morgan fingerprint density at radius 3 is 2.52 bits per heavy atom. The summed E-state index contributed by atoms with van der Waals surface area (Å²) in [5.74, 6) is 0.0181. The first-order valence-electron chi connectivity index (χ1n) is 7.92. The Labute approximate surface area is 150 Å². The van der Waals surface area contributed by atoms with E-state index in [-0.39, 0.29) is 11.7 Å². The number of rotatable bonds is 5. The van der Waals surface area contributed by atoms with E-state index in [0.29, 0.717) is 17.3 Å². The number of furan rings is 1. The maximum absolute atomic E-state index is 12.2. The van der Waals surface area contributed by atoms with Crippen molar-refractivity contribution < 1.29 is 9.21 Å². The Balaban J connectivity index is 1.64. The minimum absolute atomic E-state index is 0.268. The SMILES string of the molecule is Cc1cnc(CNC(=O)c2ccc(Sc3c(C)cccc3C)o2)cn1. The molecule has 0 aliphatic rings. The van der Waals surface area contributed by atoms with Gasteiger partial charge in [0.05, 0.1) is 24.1 Å². The van der Waals surface area contributed by atoms with E-state index in [9.17, 15) is 4.79 Å². The Hall–Kier alpha value is -2.60. The summed E-state index contributed by atoms with van der Waals surface area (Å²) >= 11 is 1.53. The van der Waals surface area contributed by atoms with E-state index >= 15 is 0 Å². The lowest BCUT2D eigenvalue weighted by atomic mass is 10.2. The van der Waals surface area contributed by atoms with Gasteiger partial charge >= 0.3 is 0 Å². The molecule has 0 aliphatic heterocycles. The van der Waals surface area contributed by atoms with Gasteiger partial charge in [0.25, 0.3) is 5.91 Å². The molecule has 0 radical (unpaired) electrons. The normalized spacial score (nSPS) is 10.7. The average molecular weight is 353 g/mol. The van der Waals surface area contributed by atoms with Gasteiger partial charge in [-0.15, -0.1) is 0 Å². The fourth-order valence-corrected chi connectivity index (χ4v) is 3.25. The van der Waals surface area contributed by atoms with Crippen molar-refractivity contribution in [2.75, 3.05) is 0 Å². The van der Waals surface area contributed by atoms with Crippen LogP contribution in [0.3, 0.4) is 0 Å². The summed E-state index contributed by atoms with van der Waals surface area (Å²) in [6.07, 6.45) is 3.33. The van der Waals surface area contributed by atoms with E-state index in [1.54, 1.807) is 18.5 Å². The molecule has 128 valence electrons. The van der Waals surface area contributed by atoms with Crippen LogP contribution in [0.5, 0.6) is 0 Å². The van der Waals surface area contributed by atoms with Crippen LogP contribution >= 0.6 is 11.8 Å². The molecule has 0 aliphatic carbocycles. The highest BCUT2D eigenvalue weighted by Crippen LogP contribution is 2.33. The molecule has 2 heterocycles. The van der Waals surface area contributed by atoms with Crippen molar-refractivity contribution in [3.63, 3.8) is 0 Å². The molecule has 0 atom stereocenters. The molecule has 5 nitrogen and oxygen atoms in total. The monoisotopic (exact) mass is 353 g/mol. The van der Waals surface area contributed by atoms with Gasteiger partial charge in [0.1, 0.15) is 0 Å². The third-order valence-electron chi connectivity index (χ3n) is 3.68. The van der Waals surface area contributed by atoms with Gasteiger partial charge in [-0.2, -0.15) is 0 Å². The molecule has 25 heavy (non-hydrogen) atoms. The van der Waals surface area contributed by atoms with Gasteiger partial charge in [0, 0.05) is 11.1 Å². The fraction of sp³-hybridized carbons (Fsp3) is 0.211. The number of aryl methyl sites for hydroxylation is 3. The molecule has 1 amide bonds. The second-order valence-electron chi connectivity index (χ2n) is 5.77. The van der Waals surface area contributed by atoms with Crippen molar-refractivity contribution in [3.8, 4) is 0 Å². The minimum Gasteiger partial charge on any atom is -0.444 e. The molecule has 6 heteroatoms.